The fraction of sp³-hybridized carbons (Fsp3) is 1.00. The van der Waals surface area contributed by atoms with Crippen LogP contribution in [0.5, 0.6) is 0 Å². The molecule has 0 N–H and O–H groups in total. The molecule has 2 fully saturated rings. The summed E-state index contributed by atoms with van der Waals surface area (Å²) in [6.45, 7) is 0.659. The van der Waals surface area contributed by atoms with Crippen LogP contribution in [0.15, 0.2) is 0 Å². The Morgan fingerprint density at radius 2 is 2.10 bits per heavy atom. The van der Waals surface area contributed by atoms with Gasteiger partial charge in [-0.25, -0.2) is 8.42 Å². The van der Waals surface area contributed by atoms with Gasteiger partial charge in [0.15, 0.2) is 9.84 Å². The first-order chi connectivity index (χ1) is 4.62. The molecule has 2 saturated heterocycles. The topological polar surface area (TPSA) is 46.7 Å². The predicted molar refractivity (Wildman–Crippen MR) is 36.6 cm³/mol. The van der Waals surface area contributed by atoms with E-state index in [2.05, 4.69) is 0 Å². The molecule has 1 atom stereocenters. The van der Waals surface area contributed by atoms with Crippen LogP contribution in [0.1, 0.15) is 12.8 Å². The Kier molecular flexibility index (Phi) is 1.15. The van der Waals surface area contributed by atoms with Crippen LogP contribution in [-0.2, 0) is 14.6 Å². The van der Waals surface area contributed by atoms with Crippen molar-refractivity contribution in [1.82, 2.24) is 0 Å². The number of hydrogen-bond donors (Lipinski definition) is 0. The average Bonchev–Trinajstić information content (AvgIpc) is 2.45. The number of rotatable bonds is 0. The van der Waals surface area contributed by atoms with Gasteiger partial charge in [-0.3, -0.25) is 0 Å². The maximum absolute atomic E-state index is 11.0. The molecule has 58 valence electrons. The molecule has 0 aliphatic carbocycles. The molecule has 2 aliphatic rings. The van der Waals surface area contributed by atoms with Gasteiger partial charge in [0, 0.05) is 0 Å². The van der Waals surface area contributed by atoms with Crippen molar-refractivity contribution in [1.29, 1.82) is 0 Å². The van der Waals surface area contributed by atoms with Crippen LogP contribution in [0, 0.1) is 0 Å². The van der Waals surface area contributed by atoms with Crippen LogP contribution in [0.3, 0.4) is 0 Å². The van der Waals surface area contributed by atoms with Gasteiger partial charge in [-0.2, -0.15) is 0 Å². The normalized spacial score (nSPS) is 43.6. The molecule has 1 unspecified atom stereocenters. The molecule has 0 amide bonds. The Morgan fingerprint density at radius 3 is 2.50 bits per heavy atom. The molecule has 0 aromatic heterocycles. The van der Waals surface area contributed by atoms with E-state index >= 15 is 0 Å². The van der Waals surface area contributed by atoms with Crippen LogP contribution >= 0.6 is 0 Å². The second-order valence-electron chi connectivity index (χ2n) is 3.17. The number of epoxide rings is 1. The Labute approximate surface area is 60.3 Å². The first-order valence-corrected chi connectivity index (χ1v) is 5.29. The molecule has 0 bridgehead atoms. The highest BCUT2D eigenvalue weighted by Gasteiger charge is 2.50. The molecule has 4 heteroatoms. The van der Waals surface area contributed by atoms with Gasteiger partial charge in [-0.1, -0.05) is 0 Å². The van der Waals surface area contributed by atoms with Gasteiger partial charge in [-0.15, -0.1) is 0 Å². The van der Waals surface area contributed by atoms with Gasteiger partial charge in [0.2, 0.25) is 0 Å². The molecule has 3 nitrogen and oxygen atoms in total. The van der Waals surface area contributed by atoms with E-state index in [0.29, 0.717) is 12.4 Å². The Hall–Kier alpha value is -0.0900. The Morgan fingerprint density at radius 1 is 1.40 bits per heavy atom. The van der Waals surface area contributed by atoms with Crippen molar-refractivity contribution in [3.05, 3.63) is 0 Å². The second-order valence-corrected chi connectivity index (χ2v) is 5.35. The van der Waals surface area contributed by atoms with Crippen LogP contribution in [-0.4, -0.2) is 32.1 Å². The van der Waals surface area contributed by atoms with Crippen molar-refractivity contribution in [2.75, 3.05) is 18.1 Å². The minimum atomic E-state index is -2.75. The first-order valence-electron chi connectivity index (χ1n) is 3.46. The zero-order valence-electron chi connectivity index (χ0n) is 5.67. The lowest BCUT2D eigenvalue weighted by molar-refractivity contribution is 0.302. The second kappa shape index (κ2) is 1.74. The Balaban J connectivity index is 2.19. The van der Waals surface area contributed by atoms with Crippen LogP contribution in [0.4, 0.5) is 0 Å². The quantitative estimate of drug-likeness (QED) is 0.470. The smallest absolute Gasteiger partial charge is 0.153 e. The van der Waals surface area contributed by atoms with Crippen molar-refractivity contribution in [3.8, 4) is 0 Å². The fourth-order valence-electron chi connectivity index (χ4n) is 1.49. The Bertz CT molecular complexity index is 238. The minimum absolute atomic E-state index is 0.225. The summed E-state index contributed by atoms with van der Waals surface area (Å²) in [7, 11) is -2.75. The predicted octanol–water partition coefficient (Wildman–Crippen LogP) is -0.0360. The van der Waals surface area contributed by atoms with E-state index in [4.69, 9.17) is 4.74 Å². The third-order valence-electron chi connectivity index (χ3n) is 2.12. The van der Waals surface area contributed by atoms with Gasteiger partial charge in [0.05, 0.1) is 18.1 Å². The third kappa shape index (κ3) is 1.06. The monoisotopic (exact) mass is 162 g/mol. The molecule has 10 heavy (non-hydrogen) atoms. The SMILES string of the molecule is O=S1(=O)CCCC2(CO2)C1. The van der Waals surface area contributed by atoms with Crippen molar-refractivity contribution in [2.45, 2.75) is 18.4 Å². The molecule has 1 spiro atoms. The zero-order chi connectivity index (χ0) is 7.24. The largest absolute Gasteiger partial charge is 0.368 e. The average molecular weight is 162 g/mol. The molecular weight excluding hydrogens is 152 g/mol. The molecule has 2 heterocycles. The number of hydrogen-bond acceptors (Lipinski definition) is 3. The van der Waals surface area contributed by atoms with Gasteiger partial charge in [0.1, 0.15) is 5.60 Å². The maximum atomic E-state index is 11.0. The summed E-state index contributed by atoms with van der Waals surface area (Å²) in [5.41, 5.74) is -0.225. The van der Waals surface area contributed by atoms with E-state index in [0.717, 1.165) is 12.8 Å². The summed E-state index contributed by atoms with van der Waals surface area (Å²) in [6, 6.07) is 0. The van der Waals surface area contributed by atoms with Crippen LogP contribution in [0.25, 0.3) is 0 Å². The van der Waals surface area contributed by atoms with Crippen molar-refractivity contribution in [2.24, 2.45) is 0 Å². The van der Waals surface area contributed by atoms with Crippen molar-refractivity contribution >= 4 is 9.84 Å². The molecule has 0 radical (unpaired) electrons. The van der Waals surface area contributed by atoms with Gasteiger partial charge < -0.3 is 4.74 Å². The van der Waals surface area contributed by atoms with E-state index in [1.807, 2.05) is 0 Å². The molecule has 2 aliphatic heterocycles. The lowest BCUT2D eigenvalue weighted by atomic mass is 10.1. The van der Waals surface area contributed by atoms with E-state index in [1.165, 1.54) is 0 Å². The lowest BCUT2D eigenvalue weighted by Crippen LogP contribution is -2.31. The van der Waals surface area contributed by atoms with E-state index < -0.39 is 9.84 Å². The van der Waals surface area contributed by atoms with Crippen molar-refractivity contribution in [3.63, 3.8) is 0 Å². The number of sulfone groups is 1. The zero-order valence-corrected chi connectivity index (χ0v) is 6.49. The third-order valence-corrected chi connectivity index (χ3v) is 4.00. The lowest BCUT2D eigenvalue weighted by Gasteiger charge is -2.17. The summed E-state index contributed by atoms with van der Waals surface area (Å²) in [6.07, 6.45) is 1.72. The summed E-state index contributed by atoms with van der Waals surface area (Å²) in [5.74, 6) is 0.623. The van der Waals surface area contributed by atoms with E-state index in [-0.39, 0.29) is 11.4 Å². The summed E-state index contributed by atoms with van der Waals surface area (Å²) >= 11 is 0. The first kappa shape index (κ1) is 6.61. The summed E-state index contributed by atoms with van der Waals surface area (Å²) < 4.78 is 27.1. The maximum Gasteiger partial charge on any atom is 0.153 e. The standard InChI is InChI=1S/C6H10O3S/c7-10(8)3-1-2-6(5-10)4-9-6/h1-5H2. The highest BCUT2D eigenvalue weighted by Crippen LogP contribution is 2.37. The highest BCUT2D eigenvalue weighted by molar-refractivity contribution is 7.91. The summed E-state index contributed by atoms with van der Waals surface area (Å²) in [4.78, 5) is 0. The van der Waals surface area contributed by atoms with E-state index in [1.54, 1.807) is 0 Å². The van der Waals surface area contributed by atoms with Gasteiger partial charge >= 0.3 is 0 Å². The minimum Gasteiger partial charge on any atom is -0.368 e. The van der Waals surface area contributed by atoms with Crippen molar-refractivity contribution < 1.29 is 13.2 Å². The number of ether oxygens (including phenoxy) is 1. The van der Waals surface area contributed by atoms with Gasteiger partial charge in [0.25, 0.3) is 0 Å². The summed E-state index contributed by atoms with van der Waals surface area (Å²) in [5, 5.41) is 0. The van der Waals surface area contributed by atoms with E-state index in [9.17, 15) is 8.42 Å². The molecular formula is C6H10O3S. The fourth-order valence-corrected chi connectivity index (χ4v) is 3.33. The molecule has 0 aromatic carbocycles. The molecule has 0 saturated carbocycles. The molecule has 0 aromatic rings. The van der Waals surface area contributed by atoms with Gasteiger partial charge in [-0.05, 0) is 12.8 Å². The van der Waals surface area contributed by atoms with Crippen LogP contribution < -0.4 is 0 Å². The van der Waals surface area contributed by atoms with Crippen LogP contribution in [0.2, 0.25) is 0 Å². The highest BCUT2D eigenvalue weighted by atomic mass is 32.2. The molecule has 2 rings (SSSR count).